The van der Waals surface area contributed by atoms with Crippen LogP contribution in [0.5, 0.6) is 11.5 Å². The van der Waals surface area contributed by atoms with Gasteiger partial charge in [-0.25, -0.2) is 4.79 Å². The number of nitrogens with one attached hydrogen (secondary N) is 2. The molecule has 148 valence electrons. The van der Waals surface area contributed by atoms with E-state index in [0.29, 0.717) is 22.1 Å². The molecule has 0 bridgehead atoms. The Morgan fingerprint density at radius 1 is 0.897 bits per heavy atom. The number of hydrogen-bond acceptors (Lipinski definition) is 6. The molecular formula is C21H18N2O5S. The summed E-state index contributed by atoms with van der Waals surface area (Å²) in [5.74, 6) is -0.123. The van der Waals surface area contributed by atoms with Crippen LogP contribution in [0.15, 0.2) is 66.0 Å². The van der Waals surface area contributed by atoms with Gasteiger partial charge in [0.05, 0.1) is 17.7 Å². The summed E-state index contributed by atoms with van der Waals surface area (Å²) in [6.45, 7) is 1.78. The van der Waals surface area contributed by atoms with Crippen molar-refractivity contribution >= 4 is 34.2 Å². The molecule has 3 aromatic rings. The second-order valence-electron chi connectivity index (χ2n) is 5.70. The highest BCUT2D eigenvalue weighted by Crippen LogP contribution is 2.28. The smallest absolute Gasteiger partial charge is 0.414 e. The number of para-hydroxylation sites is 2. The van der Waals surface area contributed by atoms with Crippen molar-refractivity contribution in [3.05, 3.63) is 77.2 Å². The maximum atomic E-state index is 12.8. The molecule has 0 aliphatic heterocycles. The zero-order valence-corrected chi connectivity index (χ0v) is 16.3. The van der Waals surface area contributed by atoms with E-state index in [4.69, 9.17) is 9.47 Å². The molecule has 0 spiro atoms. The minimum Gasteiger partial charge on any atom is -0.457 e. The van der Waals surface area contributed by atoms with Crippen LogP contribution >= 0.6 is 11.3 Å². The fourth-order valence-electron chi connectivity index (χ4n) is 2.44. The molecule has 1 heterocycles. The predicted molar refractivity (Wildman–Crippen MR) is 110 cm³/mol. The van der Waals surface area contributed by atoms with Gasteiger partial charge in [-0.2, -0.15) is 0 Å². The molecule has 0 saturated heterocycles. The Bertz CT molecular complexity index is 1020. The van der Waals surface area contributed by atoms with E-state index in [1.165, 1.54) is 17.4 Å². The van der Waals surface area contributed by atoms with Crippen molar-refractivity contribution in [2.45, 2.75) is 6.92 Å². The maximum Gasteiger partial charge on any atom is 0.414 e. The largest absolute Gasteiger partial charge is 0.457 e. The van der Waals surface area contributed by atoms with Crippen LogP contribution < -0.4 is 15.4 Å². The van der Waals surface area contributed by atoms with Gasteiger partial charge in [0, 0.05) is 0 Å². The van der Waals surface area contributed by atoms with Crippen molar-refractivity contribution in [1.29, 1.82) is 0 Å². The van der Waals surface area contributed by atoms with Gasteiger partial charge in [-0.3, -0.25) is 14.9 Å². The Morgan fingerprint density at radius 3 is 2.38 bits per heavy atom. The van der Waals surface area contributed by atoms with Crippen LogP contribution in [-0.4, -0.2) is 24.5 Å². The third kappa shape index (κ3) is 5.20. The van der Waals surface area contributed by atoms with Crippen LogP contribution in [0.4, 0.5) is 9.80 Å². The van der Waals surface area contributed by atoms with Crippen LogP contribution in [0.3, 0.4) is 0 Å². The van der Waals surface area contributed by atoms with Gasteiger partial charge in [0.1, 0.15) is 16.5 Å². The van der Waals surface area contributed by atoms with Gasteiger partial charge < -0.3 is 14.8 Å². The van der Waals surface area contributed by atoms with E-state index in [1.54, 1.807) is 48.7 Å². The summed E-state index contributed by atoms with van der Waals surface area (Å²) in [4.78, 5) is 36.5. The second-order valence-corrected chi connectivity index (χ2v) is 6.62. The van der Waals surface area contributed by atoms with E-state index in [0.717, 1.165) is 0 Å². The summed E-state index contributed by atoms with van der Waals surface area (Å²) < 4.78 is 10.5. The SMILES string of the molecule is CCOC(=O)NC(=O)c1ccsc1NC(=O)c1ccccc1Oc1ccccc1. The standard InChI is InChI=1S/C21H18N2O5S/c1-2-27-21(26)23-19(25)16-12-13-29-20(16)22-18(24)15-10-6-7-11-17(15)28-14-8-4-3-5-9-14/h3-13H,2H2,1H3,(H,22,24)(H,23,25,26). The number of carbonyl (C=O) groups excluding carboxylic acids is 3. The second kappa shape index (κ2) is 9.52. The molecule has 0 unspecified atom stereocenters. The number of anilines is 1. The van der Waals surface area contributed by atoms with Crippen LogP contribution in [0.1, 0.15) is 27.6 Å². The minimum absolute atomic E-state index is 0.143. The van der Waals surface area contributed by atoms with Gasteiger partial charge in [-0.15, -0.1) is 11.3 Å². The molecule has 7 nitrogen and oxygen atoms in total. The fourth-order valence-corrected chi connectivity index (χ4v) is 3.22. The van der Waals surface area contributed by atoms with Crippen molar-refractivity contribution in [3.8, 4) is 11.5 Å². The van der Waals surface area contributed by atoms with Gasteiger partial charge in [-0.1, -0.05) is 30.3 Å². The average molecular weight is 410 g/mol. The first-order chi connectivity index (χ1) is 14.1. The van der Waals surface area contributed by atoms with E-state index >= 15 is 0 Å². The van der Waals surface area contributed by atoms with Crippen molar-refractivity contribution in [2.24, 2.45) is 0 Å². The molecular weight excluding hydrogens is 392 g/mol. The highest BCUT2D eigenvalue weighted by atomic mass is 32.1. The molecule has 8 heteroatoms. The molecule has 0 aliphatic rings. The zero-order valence-electron chi connectivity index (χ0n) is 15.5. The predicted octanol–water partition coefficient (Wildman–Crippen LogP) is 4.68. The first-order valence-electron chi connectivity index (χ1n) is 8.77. The summed E-state index contributed by atoms with van der Waals surface area (Å²) in [5, 5.41) is 6.77. The highest BCUT2D eigenvalue weighted by Gasteiger charge is 2.20. The van der Waals surface area contributed by atoms with E-state index in [-0.39, 0.29) is 12.2 Å². The van der Waals surface area contributed by atoms with Crippen LogP contribution in [0.25, 0.3) is 0 Å². The number of rotatable bonds is 6. The number of ether oxygens (including phenoxy) is 2. The number of alkyl carbamates (subject to hydrolysis) is 1. The Labute approximate surface area is 171 Å². The van der Waals surface area contributed by atoms with Gasteiger partial charge in [0.2, 0.25) is 0 Å². The minimum atomic E-state index is -0.845. The Balaban J connectivity index is 1.76. The molecule has 29 heavy (non-hydrogen) atoms. The molecule has 3 rings (SSSR count). The number of hydrogen-bond donors (Lipinski definition) is 2. The summed E-state index contributed by atoms with van der Waals surface area (Å²) >= 11 is 1.17. The Kier molecular flexibility index (Phi) is 6.59. The molecule has 0 atom stereocenters. The van der Waals surface area contributed by atoms with Crippen molar-refractivity contribution in [2.75, 3.05) is 11.9 Å². The normalized spacial score (nSPS) is 10.1. The number of imide groups is 1. The van der Waals surface area contributed by atoms with Crippen molar-refractivity contribution in [1.82, 2.24) is 5.32 Å². The summed E-state index contributed by atoms with van der Waals surface area (Å²) in [5.41, 5.74) is 0.472. The molecule has 0 aliphatic carbocycles. The van der Waals surface area contributed by atoms with Crippen LogP contribution in [0.2, 0.25) is 0 Å². The Morgan fingerprint density at radius 2 is 1.62 bits per heavy atom. The lowest BCUT2D eigenvalue weighted by Crippen LogP contribution is -2.31. The third-order valence-electron chi connectivity index (χ3n) is 3.73. The van der Waals surface area contributed by atoms with Crippen LogP contribution in [0, 0.1) is 0 Å². The summed E-state index contributed by atoms with van der Waals surface area (Å²) in [6.07, 6.45) is -0.845. The molecule has 0 radical (unpaired) electrons. The van der Waals surface area contributed by atoms with E-state index in [1.807, 2.05) is 18.2 Å². The molecule has 2 N–H and O–H groups in total. The monoisotopic (exact) mass is 410 g/mol. The maximum absolute atomic E-state index is 12.8. The lowest BCUT2D eigenvalue weighted by atomic mass is 10.2. The first kappa shape index (κ1) is 20.1. The molecule has 1 aromatic heterocycles. The van der Waals surface area contributed by atoms with E-state index < -0.39 is 17.9 Å². The number of thiophene rings is 1. The van der Waals surface area contributed by atoms with E-state index in [9.17, 15) is 14.4 Å². The van der Waals surface area contributed by atoms with Crippen molar-refractivity contribution < 1.29 is 23.9 Å². The Hall–Kier alpha value is -3.65. The lowest BCUT2D eigenvalue weighted by molar-refractivity contribution is 0.0926. The van der Waals surface area contributed by atoms with E-state index in [2.05, 4.69) is 10.6 Å². The topological polar surface area (TPSA) is 93.7 Å². The van der Waals surface area contributed by atoms with Crippen LogP contribution in [-0.2, 0) is 4.74 Å². The summed E-state index contributed by atoms with van der Waals surface area (Å²) in [6, 6.07) is 17.4. The molecule has 0 fully saturated rings. The summed E-state index contributed by atoms with van der Waals surface area (Å²) in [7, 11) is 0. The third-order valence-corrected chi connectivity index (χ3v) is 4.56. The highest BCUT2D eigenvalue weighted by molar-refractivity contribution is 7.14. The molecule has 0 saturated carbocycles. The number of amides is 3. The van der Waals surface area contributed by atoms with Gasteiger partial charge in [0.25, 0.3) is 11.8 Å². The lowest BCUT2D eigenvalue weighted by Gasteiger charge is -2.11. The molecule has 3 amide bonds. The quantitative estimate of drug-likeness (QED) is 0.615. The van der Waals surface area contributed by atoms with Gasteiger partial charge in [0.15, 0.2) is 0 Å². The molecule has 2 aromatic carbocycles. The van der Waals surface area contributed by atoms with Gasteiger partial charge in [-0.05, 0) is 42.6 Å². The number of benzene rings is 2. The average Bonchev–Trinajstić information content (AvgIpc) is 3.17. The number of carbonyl (C=O) groups is 3. The first-order valence-corrected chi connectivity index (χ1v) is 9.65. The van der Waals surface area contributed by atoms with Gasteiger partial charge >= 0.3 is 6.09 Å². The zero-order chi connectivity index (χ0) is 20.6. The van der Waals surface area contributed by atoms with Crippen molar-refractivity contribution in [3.63, 3.8) is 0 Å². The fraction of sp³-hybridized carbons (Fsp3) is 0.0952.